The molecule has 2 bridgehead atoms. The Morgan fingerprint density at radius 2 is 1.94 bits per heavy atom. The Kier molecular flexibility index (Phi) is 5.39. The second-order valence-corrected chi connectivity index (χ2v) is 13.1. The zero-order valence-corrected chi connectivity index (χ0v) is 21.7. The Labute approximate surface area is 211 Å². The van der Waals surface area contributed by atoms with E-state index < -0.39 is 0 Å². The normalized spacial score (nSPS) is 30.0. The topological polar surface area (TPSA) is 51.0 Å². The maximum absolute atomic E-state index is 13.1. The Morgan fingerprint density at radius 3 is 2.71 bits per heavy atom. The molecule has 0 atom stereocenters. The lowest BCUT2D eigenvalue weighted by Gasteiger charge is -2.60. The number of hydrogen-bond acceptors (Lipinski definition) is 5. The quantitative estimate of drug-likeness (QED) is 0.388. The predicted octanol–water partition coefficient (Wildman–Crippen LogP) is 5.91. The van der Waals surface area contributed by atoms with Crippen molar-refractivity contribution in [3.63, 3.8) is 0 Å². The van der Waals surface area contributed by atoms with Gasteiger partial charge in [0.2, 0.25) is 0 Å². The first kappa shape index (κ1) is 22.2. The molecular weight excluding hydrogens is 452 g/mol. The summed E-state index contributed by atoms with van der Waals surface area (Å²) in [5, 5.41) is 6.93. The molecule has 4 aliphatic carbocycles. The molecule has 0 spiro atoms. The molecule has 0 radical (unpaired) electrons. The van der Waals surface area contributed by atoms with Crippen LogP contribution in [-0.2, 0) is 25.4 Å². The second-order valence-electron chi connectivity index (χ2n) is 12.0. The van der Waals surface area contributed by atoms with Gasteiger partial charge in [0.25, 0.3) is 0 Å². The van der Waals surface area contributed by atoms with E-state index in [4.69, 9.17) is 4.98 Å². The van der Waals surface area contributed by atoms with Crippen molar-refractivity contribution in [1.29, 1.82) is 0 Å². The lowest BCUT2D eigenvalue weighted by atomic mass is 9.45. The Morgan fingerprint density at radius 1 is 1.14 bits per heavy atom. The van der Waals surface area contributed by atoms with E-state index in [0.29, 0.717) is 17.8 Å². The van der Waals surface area contributed by atoms with Crippen molar-refractivity contribution in [3.8, 4) is 0 Å². The SMILES string of the molecule is Cn1cc2c(C(=O)CC3CCC(CCN4CCc5sc(C67CC(C6)C7)nc5C4)CC3)cccc2n1. The molecule has 1 aromatic carbocycles. The number of carbonyl (C=O) groups excluding carboxylic acids is 1. The van der Waals surface area contributed by atoms with E-state index in [-0.39, 0.29) is 5.78 Å². The van der Waals surface area contributed by atoms with Crippen molar-refractivity contribution in [2.24, 2.45) is 24.8 Å². The summed E-state index contributed by atoms with van der Waals surface area (Å²) in [6, 6.07) is 5.93. The molecule has 2 aromatic heterocycles. The average Bonchev–Trinajstić information content (AvgIpc) is 3.38. The van der Waals surface area contributed by atoms with Crippen molar-refractivity contribution < 1.29 is 4.79 Å². The second kappa shape index (κ2) is 8.52. The maximum Gasteiger partial charge on any atom is 0.163 e. The van der Waals surface area contributed by atoms with Crippen LogP contribution >= 0.6 is 11.3 Å². The molecule has 8 rings (SSSR count). The van der Waals surface area contributed by atoms with E-state index in [1.807, 2.05) is 42.8 Å². The fourth-order valence-electron chi connectivity index (χ4n) is 7.28. The summed E-state index contributed by atoms with van der Waals surface area (Å²) in [5.74, 6) is 2.67. The highest BCUT2D eigenvalue weighted by Gasteiger charge is 2.59. The first-order valence-electron chi connectivity index (χ1n) is 13.7. The van der Waals surface area contributed by atoms with Crippen LogP contribution in [0.4, 0.5) is 0 Å². The number of benzene rings is 1. The van der Waals surface area contributed by atoms with Crippen LogP contribution in [0.5, 0.6) is 0 Å². The number of rotatable bonds is 7. The first-order valence-corrected chi connectivity index (χ1v) is 14.5. The number of carbonyl (C=O) groups is 1. The van der Waals surface area contributed by atoms with Gasteiger partial charge in [-0.2, -0.15) is 5.10 Å². The van der Waals surface area contributed by atoms with E-state index in [2.05, 4.69) is 10.00 Å². The van der Waals surface area contributed by atoms with Crippen molar-refractivity contribution in [1.82, 2.24) is 19.7 Å². The third-order valence-electron chi connectivity index (χ3n) is 9.56. The fraction of sp³-hybridized carbons (Fsp3) is 0.621. The molecule has 6 heteroatoms. The van der Waals surface area contributed by atoms with Gasteiger partial charge in [0, 0.05) is 54.0 Å². The summed E-state index contributed by atoms with van der Waals surface area (Å²) >= 11 is 2.04. The average molecular weight is 489 g/mol. The molecule has 5 nitrogen and oxygen atoms in total. The van der Waals surface area contributed by atoms with Gasteiger partial charge in [0.1, 0.15) is 0 Å². The van der Waals surface area contributed by atoms with Gasteiger partial charge in [-0.1, -0.05) is 25.0 Å². The number of Topliss-reactive ketones (excluding diaryl/α,β-unsaturated/α-hetero) is 1. The molecule has 35 heavy (non-hydrogen) atoms. The van der Waals surface area contributed by atoms with Crippen molar-refractivity contribution >= 4 is 28.0 Å². The van der Waals surface area contributed by atoms with Crippen LogP contribution in [0.25, 0.3) is 10.9 Å². The predicted molar refractivity (Wildman–Crippen MR) is 140 cm³/mol. The number of thiazole rings is 1. The number of nitrogens with zero attached hydrogens (tertiary/aromatic N) is 4. The molecular formula is C29H36N4OS. The highest BCUT2D eigenvalue weighted by Crippen LogP contribution is 2.65. The summed E-state index contributed by atoms with van der Waals surface area (Å²) in [7, 11) is 1.92. The molecule has 3 heterocycles. The molecule has 184 valence electrons. The van der Waals surface area contributed by atoms with E-state index in [1.165, 1.54) is 81.6 Å². The summed E-state index contributed by atoms with van der Waals surface area (Å²) < 4.78 is 1.81. The Bertz CT molecular complexity index is 1250. The monoisotopic (exact) mass is 488 g/mol. The molecule has 4 saturated carbocycles. The van der Waals surface area contributed by atoms with Crippen LogP contribution < -0.4 is 0 Å². The molecule has 0 saturated heterocycles. The summed E-state index contributed by atoms with van der Waals surface area (Å²) in [6.07, 6.45) is 14.3. The zero-order valence-electron chi connectivity index (χ0n) is 20.8. The number of hydrogen-bond donors (Lipinski definition) is 0. The minimum absolute atomic E-state index is 0.290. The van der Waals surface area contributed by atoms with Gasteiger partial charge in [-0.25, -0.2) is 4.98 Å². The summed E-state index contributed by atoms with van der Waals surface area (Å²) in [5.41, 5.74) is 3.68. The highest BCUT2D eigenvalue weighted by molar-refractivity contribution is 7.12. The first-order chi connectivity index (χ1) is 17.0. The van der Waals surface area contributed by atoms with Gasteiger partial charge in [0.15, 0.2) is 5.78 Å². The third-order valence-corrected chi connectivity index (χ3v) is 11.0. The van der Waals surface area contributed by atoms with Crippen molar-refractivity contribution in [3.05, 3.63) is 45.5 Å². The molecule has 0 amide bonds. The van der Waals surface area contributed by atoms with Gasteiger partial charge in [-0.05, 0) is 75.3 Å². The summed E-state index contributed by atoms with van der Waals surface area (Å²) in [6.45, 7) is 3.47. The van der Waals surface area contributed by atoms with Crippen molar-refractivity contribution in [2.75, 3.05) is 13.1 Å². The molecule has 5 aliphatic rings. The van der Waals surface area contributed by atoms with Gasteiger partial charge in [0.05, 0.1) is 16.2 Å². The highest BCUT2D eigenvalue weighted by atomic mass is 32.1. The zero-order chi connectivity index (χ0) is 23.6. The maximum atomic E-state index is 13.1. The van der Waals surface area contributed by atoms with E-state index >= 15 is 0 Å². The van der Waals surface area contributed by atoms with Crippen LogP contribution in [0.15, 0.2) is 24.4 Å². The number of aromatic nitrogens is 3. The molecule has 0 unspecified atom stereocenters. The largest absolute Gasteiger partial charge is 0.297 e. The third kappa shape index (κ3) is 3.97. The lowest BCUT2D eigenvalue weighted by molar-refractivity contribution is -0.0276. The Balaban J connectivity index is 0.889. The minimum Gasteiger partial charge on any atom is -0.297 e. The number of aryl methyl sites for hydroxylation is 1. The van der Waals surface area contributed by atoms with Crippen molar-refractivity contribution in [2.45, 2.75) is 76.2 Å². The smallest absolute Gasteiger partial charge is 0.163 e. The number of fused-ring (bicyclic) bond motifs is 2. The van der Waals surface area contributed by atoms with Gasteiger partial charge < -0.3 is 0 Å². The Hall–Kier alpha value is -2.05. The van der Waals surface area contributed by atoms with Crippen LogP contribution in [0.1, 0.15) is 83.7 Å². The van der Waals surface area contributed by atoms with Crippen LogP contribution in [-0.4, -0.2) is 38.5 Å². The van der Waals surface area contributed by atoms with Gasteiger partial charge in [-0.3, -0.25) is 14.4 Å². The van der Waals surface area contributed by atoms with E-state index in [9.17, 15) is 4.79 Å². The summed E-state index contributed by atoms with van der Waals surface area (Å²) in [4.78, 5) is 22.5. The van der Waals surface area contributed by atoms with Gasteiger partial charge >= 0.3 is 0 Å². The van der Waals surface area contributed by atoms with Crippen LogP contribution in [0.3, 0.4) is 0 Å². The molecule has 4 fully saturated rings. The van der Waals surface area contributed by atoms with Crippen LogP contribution in [0, 0.1) is 17.8 Å². The van der Waals surface area contributed by atoms with Gasteiger partial charge in [-0.15, -0.1) is 11.3 Å². The van der Waals surface area contributed by atoms with E-state index in [0.717, 1.165) is 34.8 Å². The fourth-order valence-corrected chi connectivity index (χ4v) is 8.55. The molecule has 1 aliphatic heterocycles. The molecule has 0 N–H and O–H groups in total. The van der Waals surface area contributed by atoms with Crippen LogP contribution in [0.2, 0.25) is 0 Å². The van der Waals surface area contributed by atoms with E-state index in [1.54, 1.807) is 9.56 Å². The standard InChI is InChI=1S/C29H36N4OS/c1-32-17-23-22(3-2-4-24(23)31-32)26(34)13-20-7-5-19(6-8-20)9-11-33-12-10-27-25(18-33)30-28(35-27)29-14-21(15-29)16-29/h2-4,17,19-21H,5-16,18H2,1H3. The minimum atomic E-state index is 0.290. The number of ketones is 1. The molecule has 3 aromatic rings. The lowest BCUT2D eigenvalue weighted by Crippen LogP contribution is -2.55.